The van der Waals surface area contributed by atoms with Crippen molar-refractivity contribution in [3.05, 3.63) is 46.8 Å². The van der Waals surface area contributed by atoms with Crippen molar-refractivity contribution >= 4 is 27.0 Å². The van der Waals surface area contributed by atoms with Gasteiger partial charge in [-0.05, 0) is 29.8 Å². The lowest BCUT2D eigenvalue weighted by Gasteiger charge is -2.16. The zero-order valence-electron chi connectivity index (χ0n) is 10.8. The molecule has 20 heavy (non-hydrogen) atoms. The average molecular weight is 307 g/mol. The van der Waals surface area contributed by atoms with Crippen molar-refractivity contribution in [2.75, 3.05) is 12.8 Å². The van der Waals surface area contributed by atoms with Crippen LogP contribution in [-0.4, -0.2) is 19.8 Å². The summed E-state index contributed by atoms with van der Waals surface area (Å²) in [6.07, 6.45) is 0. The van der Waals surface area contributed by atoms with Crippen molar-refractivity contribution in [1.82, 2.24) is 4.31 Å². The van der Waals surface area contributed by atoms with Crippen LogP contribution < -0.4 is 5.73 Å². The van der Waals surface area contributed by atoms with Crippen LogP contribution in [0.5, 0.6) is 0 Å². The molecule has 0 aliphatic rings. The zero-order chi connectivity index (χ0) is 14.8. The molecule has 0 amide bonds. The van der Waals surface area contributed by atoms with Crippen molar-refractivity contribution in [2.45, 2.75) is 10.8 Å². The van der Waals surface area contributed by atoms with E-state index >= 15 is 0 Å². The number of hydrogen-bond donors (Lipinski definition) is 1. The van der Waals surface area contributed by atoms with Crippen LogP contribution in [0.2, 0.25) is 0 Å². The van der Waals surface area contributed by atoms with Crippen LogP contribution in [0.1, 0.15) is 10.4 Å². The van der Waals surface area contributed by atoms with E-state index in [4.69, 9.17) is 11.0 Å². The van der Waals surface area contributed by atoms with Gasteiger partial charge in [0.15, 0.2) is 0 Å². The van der Waals surface area contributed by atoms with Gasteiger partial charge in [-0.1, -0.05) is 12.1 Å². The molecule has 0 aliphatic carbocycles. The molecule has 104 valence electrons. The monoisotopic (exact) mass is 307 g/mol. The molecule has 0 atom stereocenters. The lowest BCUT2D eigenvalue weighted by Crippen LogP contribution is -2.25. The fourth-order valence-electron chi connectivity index (χ4n) is 1.71. The SMILES string of the molecule is CN(Cc1cccc(N)c1)S(=O)(=O)c1ccc(C#N)s1. The molecule has 0 saturated heterocycles. The molecule has 7 heteroatoms. The third-order valence-electron chi connectivity index (χ3n) is 2.71. The Morgan fingerprint density at radius 3 is 2.70 bits per heavy atom. The van der Waals surface area contributed by atoms with E-state index in [0.717, 1.165) is 16.9 Å². The quantitative estimate of drug-likeness (QED) is 0.875. The summed E-state index contributed by atoms with van der Waals surface area (Å²) in [6.45, 7) is 0.229. The van der Waals surface area contributed by atoms with E-state index in [2.05, 4.69) is 0 Å². The van der Waals surface area contributed by atoms with Crippen LogP contribution in [0.15, 0.2) is 40.6 Å². The highest BCUT2D eigenvalue weighted by Gasteiger charge is 2.23. The Bertz CT molecular complexity index is 760. The van der Waals surface area contributed by atoms with Gasteiger partial charge in [0.1, 0.15) is 15.2 Å². The van der Waals surface area contributed by atoms with Gasteiger partial charge < -0.3 is 5.73 Å². The Kier molecular flexibility index (Phi) is 4.09. The Hall–Kier alpha value is -1.88. The van der Waals surface area contributed by atoms with Gasteiger partial charge in [-0.2, -0.15) is 9.57 Å². The Balaban J connectivity index is 2.23. The van der Waals surface area contributed by atoms with Crippen LogP contribution in [0.4, 0.5) is 5.69 Å². The molecule has 0 bridgehead atoms. The molecular weight excluding hydrogens is 294 g/mol. The minimum absolute atomic E-state index is 0.167. The second-order valence-electron chi connectivity index (χ2n) is 4.24. The predicted molar refractivity (Wildman–Crippen MR) is 78.5 cm³/mol. The van der Waals surface area contributed by atoms with Crippen molar-refractivity contribution < 1.29 is 8.42 Å². The minimum atomic E-state index is -3.58. The van der Waals surface area contributed by atoms with E-state index in [1.54, 1.807) is 18.2 Å². The number of nitrogens with zero attached hydrogens (tertiary/aromatic N) is 2. The summed E-state index contributed by atoms with van der Waals surface area (Å²) in [7, 11) is -2.08. The molecule has 0 fully saturated rings. The molecular formula is C13H13N3O2S2. The first-order valence-corrected chi connectivity index (χ1v) is 8.00. The van der Waals surface area contributed by atoms with Gasteiger partial charge in [0.25, 0.3) is 10.0 Å². The summed E-state index contributed by atoms with van der Waals surface area (Å²) in [5.41, 5.74) is 7.08. The van der Waals surface area contributed by atoms with Gasteiger partial charge in [-0.15, -0.1) is 11.3 Å². The first-order chi connectivity index (χ1) is 9.43. The van der Waals surface area contributed by atoms with Gasteiger partial charge in [-0.25, -0.2) is 8.42 Å². The van der Waals surface area contributed by atoms with Gasteiger partial charge in [-0.3, -0.25) is 0 Å². The summed E-state index contributed by atoms with van der Waals surface area (Å²) >= 11 is 0.966. The molecule has 1 heterocycles. The molecule has 0 saturated carbocycles. The van der Waals surface area contributed by atoms with Crippen molar-refractivity contribution in [1.29, 1.82) is 5.26 Å². The Morgan fingerprint density at radius 1 is 1.35 bits per heavy atom. The Morgan fingerprint density at radius 2 is 2.10 bits per heavy atom. The topological polar surface area (TPSA) is 87.2 Å². The number of sulfonamides is 1. The lowest BCUT2D eigenvalue weighted by molar-refractivity contribution is 0.468. The molecule has 0 radical (unpaired) electrons. The van der Waals surface area contributed by atoms with E-state index in [1.807, 2.05) is 12.1 Å². The second-order valence-corrected chi connectivity index (χ2v) is 7.59. The molecule has 1 aromatic heterocycles. The maximum atomic E-state index is 12.3. The molecule has 0 aliphatic heterocycles. The van der Waals surface area contributed by atoms with E-state index < -0.39 is 10.0 Å². The Labute approximate surface area is 121 Å². The number of thiophene rings is 1. The van der Waals surface area contributed by atoms with Crippen LogP contribution >= 0.6 is 11.3 Å². The smallest absolute Gasteiger partial charge is 0.252 e. The molecule has 1 aromatic carbocycles. The third-order valence-corrected chi connectivity index (χ3v) is 5.97. The molecule has 0 spiro atoms. The second kappa shape index (κ2) is 5.63. The highest BCUT2D eigenvalue weighted by Crippen LogP contribution is 2.24. The fraction of sp³-hybridized carbons (Fsp3) is 0.154. The summed E-state index contributed by atoms with van der Waals surface area (Å²) in [5.74, 6) is 0. The molecule has 5 nitrogen and oxygen atoms in total. The van der Waals surface area contributed by atoms with Crippen molar-refractivity contribution in [3.63, 3.8) is 0 Å². The maximum absolute atomic E-state index is 12.3. The highest BCUT2D eigenvalue weighted by atomic mass is 32.2. The lowest BCUT2D eigenvalue weighted by atomic mass is 10.2. The fourth-order valence-corrected chi connectivity index (χ4v) is 4.18. The van der Waals surface area contributed by atoms with Crippen LogP contribution in [0.25, 0.3) is 0 Å². The van der Waals surface area contributed by atoms with E-state index in [0.29, 0.717) is 10.6 Å². The predicted octanol–water partition coefficient (Wildman–Crippen LogP) is 2.02. The zero-order valence-corrected chi connectivity index (χ0v) is 12.4. The van der Waals surface area contributed by atoms with Gasteiger partial charge in [0, 0.05) is 19.3 Å². The first kappa shape index (κ1) is 14.5. The summed E-state index contributed by atoms with van der Waals surface area (Å²) in [5, 5.41) is 8.76. The van der Waals surface area contributed by atoms with E-state index in [1.165, 1.54) is 23.5 Å². The number of nitriles is 1. The van der Waals surface area contributed by atoms with Crippen LogP contribution in [0, 0.1) is 11.3 Å². The van der Waals surface area contributed by atoms with Crippen molar-refractivity contribution in [3.8, 4) is 6.07 Å². The third kappa shape index (κ3) is 2.99. The van der Waals surface area contributed by atoms with Crippen LogP contribution in [-0.2, 0) is 16.6 Å². The summed E-state index contributed by atoms with van der Waals surface area (Å²) in [4.78, 5) is 0.376. The number of anilines is 1. The number of nitrogen functional groups attached to an aromatic ring is 1. The number of nitrogens with two attached hydrogens (primary N) is 1. The number of rotatable bonds is 4. The van der Waals surface area contributed by atoms with E-state index in [9.17, 15) is 8.42 Å². The normalized spacial score (nSPS) is 11.4. The van der Waals surface area contributed by atoms with Crippen molar-refractivity contribution in [2.24, 2.45) is 0 Å². The number of benzene rings is 1. The van der Waals surface area contributed by atoms with Crippen LogP contribution in [0.3, 0.4) is 0 Å². The molecule has 2 rings (SSSR count). The summed E-state index contributed by atoms with van der Waals surface area (Å²) < 4.78 is 26.1. The maximum Gasteiger partial charge on any atom is 0.252 e. The molecule has 0 unspecified atom stereocenters. The minimum Gasteiger partial charge on any atom is -0.399 e. The highest BCUT2D eigenvalue weighted by molar-refractivity contribution is 7.91. The number of hydrogen-bond acceptors (Lipinski definition) is 5. The molecule has 2 N–H and O–H groups in total. The van der Waals surface area contributed by atoms with E-state index in [-0.39, 0.29) is 10.8 Å². The largest absolute Gasteiger partial charge is 0.399 e. The van der Waals surface area contributed by atoms with Gasteiger partial charge in [0.2, 0.25) is 0 Å². The summed E-state index contributed by atoms with van der Waals surface area (Å²) in [6, 6.07) is 12.0. The molecule has 2 aromatic rings. The van der Waals surface area contributed by atoms with Gasteiger partial charge in [0.05, 0.1) is 0 Å². The standard InChI is InChI=1S/C13H13N3O2S2/c1-16(9-10-3-2-4-11(15)7-10)20(17,18)13-6-5-12(8-14)19-13/h2-7H,9,15H2,1H3. The first-order valence-electron chi connectivity index (χ1n) is 5.74. The average Bonchev–Trinajstić information content (AvgIpc) is 2.88. The van der Waals surface area contributed by atoms with Gasteiger partial charge >= 0.3 is 0 Å².